The molecule has 0 N–H and O–H groups in total. The molecule has 0 aromatic heterocycles. The van der Waals surface area contributed by atoms with Crippen molar-refractivity contribution in [2.45, 2.75) is 45.7 Å². The van der Waals surface area contributed by atoms with Crippen LogP contribution in [0, 0.1) is 0 Å². The first kappa shape index (κ1) is 21.4. The summed E-state index contributed by atoms with van der Waals surface area (Å²) < 4.78 is 29.5. The summed E-state index contributed by atoms with van der Waals surface area (Å²) in [6.07, 6.45) is 0.481. The Morgan fingerprint density at radius 2 is 1.76 bits per heavy atom. The van der Waals surface area contributed by atoms with Gasteiger partial charge in [0.15, 0.2) is 9.84 Å². The van der Waals surface area contributed by atoms with Gasteiger partial charge >= 0.3 is 0 Å². The molecule has 1 heterocycles. The van der Waals surface area contributed by atoms with Crippen LogP contribution >= 0.6 is 0 Å². The normalized spacial score (nSPS) is 18.0. The fourth-order valence-electron chi connectivity index (χ4n) is 3.62. The third kappa shape index (κ3) is 5.38. The molecule has 1 atom stereocenters. The number of nitrogens with zero attached hydrogens (tertiary/aromatic N) is 1. The lowest BCUT2D eigenvalue weighted by Gasteiger charge is -2.29. The van der Waals surface area contributed by atoms with E-state index in [-0.39, 0.29) is 23.5 Å². The molecule has 2 aromatic rings. The predicted octanol–water partition coefficient (Wildman–Crippen LogP) is 4.04. The Morgan fingerprint density at radius 3 is 2.28 bits per heavy atom. The van der Waals surface area contributed by atoms with Crippen molar-refractivity contribution in [2.75, 3.05) is 18.1 Å². The first-order valence-corrected chi connectivity index (χ1v) is 11.9. The van der Waals surface area contributed by atoms with Crippen molar-refractivity contribution < 1.29 is 17.9 Å². The van der Waals surface area contributed by atoms with Gasteiger partial charge in [-0.2, -0.15) is 0 Å². The molecular weight excluding hydrogens is 386 g/mol. The average Bonchev–Trinajstić information content (AvgIpc) is 3.06. The Labute approximate surface area is 173 Å². The fraction of sp³-hybridized carbons (Fsp3) is 0.435. The van der Waals surface area contributed by atoms with Crippen LogP contribution in [0.5, 0.6) is 5.75 Å². The summed E-state index contributed by atoms with van der Waals surface area (Å²) in [7, 11) is -3.09. The summed E-state index contributed by atoms with van der Waals surface area (Å²) in [6, 6.07) is 14.9. The Bertz CT molecular complexity index is 934. The summed E-state index contributed by atoms with van der Waals surface area (Å²) in [5.74, 6) is 1.16. The van der Waals surface area contributed by atoms with E-state index in [4.69, 9.17) is 4.74 Å². The molecule has 3 rings (SSSR count). The van der Waals surface area contributed by atoms with E-state index in [2.05, 4.69) is 26.0 Å². The Hall–Kier alpha value is -2.34. The maximum Gasteiger partial charge on any atom is 0.254 e. The number of carbonyl (C=O) groups excluding carboxylic acids is 1. The predicted molar refractivity (Wildman–Crippen MR) is 115 cm³/mol. The van der Waals surface area contributed by atoms with E-state index in [0.29, 0.717) is 36.8 Å². The number of benzene rings is 2. The maximum absolute atomic E-state index is 13.3. The van der Waals surface area contributed by atoms with E-state index in [1.165, 1.54) is 5.56 Å². The van der Waals surface area contributed by atoms with Gasteiger partial charge in [-0.25, -0.2) is 8.42 Å². The topological polar surface area (TPSA) is 63.7 Å². The van der Waals surface area contributed by atoms with Crippen molar-refractivity contribution in [1.29, 1.82) is 0 Å². The zero-order valence-electron chi connectivity index (χ0n) is 17.3. The van der Waals surface area contributed by atoms with Crippen LogP contribution in [-0.4, -0.2) is 43.4 Å². The Balaban J connectivity index is 1.85. The lowest BCUT2D eigenvalue weighted by Crippen LogP contribution is -2.40. The number of hydrogen-bond donors (Lipinski definition) is 0. The zero-order valence-corrected chi connectivity index (χ0v) is 18.1. The van der Waals surface area contributed by atoms with E-state index in [1.807, 2.05) is 19.1 Å². The molecule has 5 nitrogen and oxygen atoms in total. The number of amides is 1. The van der Waals surface area contributed by atoms with Crippen LogP contribution in [0.25, 0.3) is 0 Å². The van der Waals surface area contributed by atoms with Gasteiger partial charge in [0.25, 0.3) is 5.91 Å². The molecule has 0 saturated carbocycles. The summed E-state index contributed by atoms with van der Waals surface area (Å²) in [5, 5.41) is 0. The number of carbonyl (C=O) groups is 1. The molecule has 156 valence electrons. The van der Waals surface area contributed by atoms with E-state index in [1.54, 1.807) is 29.2 Å². The molecular formula is C23H29NO4S. The molecule has 0 aliphatic carbocycles. The van der Waals surface area contributed by atoms with Crippen molar-refractivity contribution in [3.63, 3.8) is 0 Å². The number of sulfone groups is 1. The summed E-state index contributed by atoms with van der Waals surface area (Å²) >= 11 is 0. The van der Waals surface area contributed by atoms with Crippen molar-refractivity contribution in [2.24, 2.45) is 0 Å². The standard InChI is InChI=1S/C23H29NO4S/c1-4-28-22-11-9-20(10-12-22)23(25)24(21-13-14-29(26,27)16-21)15-18-5-7-19(8-6-18)17(2)3/h5-12,17,21H,4,13-16H2,1-3H3/t21-/m1/s1. The second-order valence-corrected chi connectivity index (χ2v) is 10.1. The zero-order chi connectivity index (χ0) is 21.0. The van der Waals surface area contributed by atoms with Gasteiger partial charge in [0.2, 0.25) is 0 Å². The molecule has 1 aliphatic rings. The van der Waals surface area contributed by atoms with E-state index in [9.17, 15) is 13.2 Å². The van der Waals surface area contributed by atoms with Crippen molar-refractivity contribution in [3.8, 4) is 5.75 Å². The molecule has 6 heteroatoms. The largest absolute Gasteiger partial charge is 0.494 e. The average molecular weight is 416 g/mol. The first-order valence-electron chi connectivity index (χ1n) is 10.1. The van der Waals surface area contributed by atoms with Crippen molar-refractivity contribution in [1.82, 2.24) is 4.90 Å². The smallest absolute Gasteiger partial charge is 0.254 e. The minimum Gasteiger partial charge on any atom is -0.494 e. The number of hydrogen-bond acceptors (Lipinski definition) is 4. The molecule has 0 bridgehead atoms. The molecule has 0 radical (unpaired) electrons. The van der Waals surface area contributed by atoms with Crippen LogP contribution in [0.4, 0.5) is 0 Å². The highest BCUT2D eigenvalue weighted by atomic mass is 32.2. The van der Waals surface area contributed by atoms with Crippen LogP contribution in [0.2, 0.25) is 0 Å². The minimum atomic E-state index is -3.09. The first-order chi connectivity index (χ1) is 13.8. The number of rotatable bonds is 7. The summed E-state index contributed by atoms with van der Waals surface area (Å²) in [5.41, 5.74) is 2.77. The molecule has 1 aliphatic heterocycles. The van der Waals surface area contributed by atoms with Crippen LogP contribution in [-0.2, 0) is 16.4 Å². The van der Waals surface area contributed by atoms with Gasteiger partial charge in [0.1, 0.15) is 5.75 Å². The second kappa shape index (κ2) is 8.99. The monoisotopic (exact) mass is 415 g/mol. The quantitative estimate of drug-likeness (QED) is 0.685. The SMILES string of the molecule is CCOc1ccc(C(=O)N(Cc2ccc(C(C)C)cc2)[C@@H]2CCS(=O)(=O)C2)cc1. The van der Waals surface area contributed by atoms with Gasteiger partial charge in [-0.1, -0.05) is 38.1 Å². The summed E-state index contributed by atoms with van der Waals surface area (Å²) in [6.45, 7) is 7.14. The highest BCUT2D eigenvalue weighted by molar-refractivity contribution is 7.91. The van der Waals surface area contributed by atoms with Crippen LogP contribution < -0.4 is 4.74 Å². The van der Waals surface area contributed by atoms with E-state index in [0.717, 1.165) is 5.56 Å². The fourth-order valence-corrected chi connectivity index (χ4v) is 5.35. The summed E-state index contributed by atoms with van der Waals surface area (Å²) in [4.78, 5) is 15.0. The van der Waals surface area contributed by atoms with Gasteiger partial charge < -0.3 is 9.64 Å². The lowest BCUT2D eigenvalue weighted by atomic mass is 10.0. The van der Waals surface area contributed by atoms with Crippen molar-refractivity contribution in [3.05, 3.63) is 65.2 Å². The van der Waals surface area contributed by atoms with Gasteiger partial charge in [-0.15, -0.1) is 0 Å². The molecule has 2 aromatic carbocycles. The van der Waals surface area contributed by atoms with E-state index < -0.39 is 9.84 Å². The number of ether oxygens (including phenoxy) is 1. The van der Waals surface area contributed by atoms with Gasteiger partial charge in [0.05, 0.1) is 18.1 Å². The lowest BCUT2D eigenvalue weighted by molar-refractivity contribution is 0.0681. The molecule has 0 spiro atoms. The maximum atomic E-state index is 13.3. The Kier molecular flexibility index (Phi) is 6.63. The molecule has 0 unspecified atom stereocenters. The molecule has 29 heavy (non-hydrogen) atoms. The van der Waals surface area contributed by atoms with Gasteiger partial charge in [0, 0.05) is 18.2 Å². The minimum absolute atomic E-state index is 0.0276. The third-order valence-corrected chi connectivity index (χ3v) is 7.07. The second-order valence-electron chi connectivity index (χ2n) is 7.84. The highest BCUT2D eigenvalue weighted by Crippen LogP contribution is 2.24. The van der Waals surface area contributed by atoms with Crippen LogP contribution in [0.1, 0.15) is 54.6 Å². The molecule has 1 fully saturated rings. The van der Waals surface area contributed by atoms with Crippen LogP contribution in [0.3, 0.4) is 0 Å². The van der Waals surface area contributed by atoms with E-state index >= 15 is 0 Å². The van der Waals surface area contributed by atoms with Gasteiger partial charge in [-0.05, 0) is 54.7 Å². The van der Waals surface area contributed by atoms with Crippen LogP contribution in [0.15, 0.2) is 48.5 Å². The third-order valence-electron chi connectivity index (χ3n) is 5.32. The highest BCUT2D eigenvalue weighted by Gasteiger charge is 2.35. The Morgan fingerprint density at radius 1 is 1.10 bits per heavy atom. The molecule has 1 amide bonds. The van der Waals surface area contributed by atoms with Gasteiger partial charge in [-0.3, -0.25) is 4.79 Å². The van der Waals surface area contributed by atoms with Crippen molar-refractivity contribution >= 4 is 15.7 Å². The molecule has 1 saturated heterocycles.